The zero-order chi connectivity index (χ0) is 7.56. The molecule has 10 heavy (non-hydrogen) atoms. The van der Waals surface area contributed by atoms with Crippen LogP contribution in [0.15, 0.2) is 18.2 Å². The van der Waals surface area contributed by atoms with Gasteiger partial charge in [0, 0.05) is 0 Å². The number of rotatable bonds is 0. The predicted octanol–water partition coefficient (Wildman–Crippen LogP) is 1.61. The van der Waals surface area contributed by atoms with Crippen molar-refractivity contribution in [2.45, 2.75) is 6.92 Å². The summed E-state index contributed by atoms with van der Waals surface area (Å²) in [5, 5.41) is 0. The molecule has 0 atom stereocenters. The number of halogens is 1. The summed E-state index contributed by atoms with van der Waals surface area (Å²) in [4.78, 5) is 0. The van der Waals surface area contributed by atoms with Gasteiger partial charge < -0.3 is 0 Å². The Bertz CT molecular complexity index is 286. The van der Waals surface area contributed by atoms with E-state index in [1.807, 2.05) is 6.92 Å². The molecule has 1 aromatic carbocycles. The van der Waals surface area contributed by atoms with Gasteiger partial charge in [0.1, 0.15) is 0 Å². The fraction of sp³-hybridized carbons (Fsp3) is 0.125. The molecule has 2 heteroatoms. The van der Waals surface area contributed by atoms with Crippen LogP contribution in [0.5, 0.6) is 0 Å². The Morgan fingerprint density at radius 1 is 1.50 bits per heavy atom. The molecule has 0 aliphatic heterocycles. The van der Waals surface area contributed by atoms with Crippen molar-refractivity contribution in [2.75, 3.05) is 0 Å². The van der Waals surface area contributed by atoms with E-state index in [1.165, 1.54) is 6.07 Å². The molecule has 0 saturated carbocycles. The van der Waals surface area contributed by atoms with Gasteiger partial charge in [-0.1, -0.05) is 0 Å². The Labute approximate surface area is 60.4 Å². The molecule has 0 saturated heterocycles. The summed E-state index contributed by atoms with van der Waals surface area (Å²) in [5.41, 5.74) is 1.31. The summed E-state index contributed by atoms with van der Waals surface area (Å²) >= 11 is 0. The van der Waals surface area contributed by atoms with Crippen molar-refractivity contribution >= 4 is 7.33 Å². The number of benzene rings is 1. The molecule has 0 heterocycles. The molecular formula is C8H6BF. The van der Waals surface area contributed by atoms with Gasteiger partial charge in [-0.25, -0.2) is 0 Å². The quantitative estimate of drug-likeness (QED) is 0.470. The van der Waals surface area contributed by atoms with Crippen LogP contribution in [0.2, 0.25) is 0 Å². The average molecular weight is 132 g/mol. The summed E-state index contributed by atoms with van der Waals surface area (Å²) in [6.07, 6.45) is 0. The van der Waals surface area contributed by atoms with E-state index in [2.05, 4.69) is 5.80 Å². The number of aryl methyl sites for hydroxylation is 1. The van der Waals surface area contributed by atoms with Crippen molar-refractivity contribution in [1.82, 2.24) is 0 Å². The molecule has 0 nitrogen and oxygen atoms in total. The summed E-state index contributed by atoms with van der Waals surface area (Å²) in [6.45, 7) is 1.88. The predicted molar refractivity (Wildman–Crippen MR) is 39.9 cm³/mol. The van der Waals surface area contributed by atoms with Gasteiger partial charge in [-0.2, -0.15) is 0 Å². The summed E-state index contributed by atoms with van der Waals surface area (Å²) < 4.78 is 12.6. The maximum absolute atomic E-state index is 12.6. The number of hydrogen-bond acceptors (Lipinski definition) is 0. The van der Waals surface area contributed by atoms with E-state index in [9.17, 15) is 4.39 Å². The van der Waals surface area contributed by atoms with Gasteiger partial charge in [0.2, 0.25) is 0 Å². The van der Waals surface area contributed by atoms with Gasteiger partial charge in [-0.15, -0.1) is 0 Å². The molecular weight excluding hydrogens is 126 g/mol. The molecule has 0 aromatic heterocycles. The first-order valence-electron chi connectivity index (χ1n) is 2.97. The first-order valence-corrected chi connectivity index (χ1v) is 2.97. The molecule has 0 amide bonds. The second kappa shape index (κ2) is 2.72. The van der Waals surface area contributed by atoms with E-state index in [4.69, 9.17) is 7.33 Å². The fourth-order valence-electron chi connectivity index (χ4n) is 0.750. The number of hydrogen-bond donors (Lipinski definition) is 0. The van der Waals surface area contributed by atoms with Crippen molar-refractivity contribution in [3.8, 4) is 5.80 Å². The average Bonchev–Trinajstić information content (AvgIpc) is 1.94. The van der Waals surface area contributed by atoms with Crippen LogP contribution in [0.3, 0.4) is 0 Å². The van der Waals surface area contributed by atoms with Crippen LogP contribution in [0.25, 0.3) is 0 Å². The van der Waals surface area contributed by atoms with Gasteiger partial charge in [0.25, 0.3) is 0 Å². The molecule has 1 aromatic rings. The third-order valence-corrected chi connectivity index (χ3v) is 1.28. The van der Waals surface area contributed by atoms with Gasteiger partial charge in [-0.3, -0.25) is 0 Å². The molecule has 0 fully saturated rings. The SMILES string of the molecule is B#Cc1cc(C)ccc1F. The molecule has 48 valence electrons. The van der Waals surface area contributed by atoms with Crippen LogP contribution >= 0.6 is 0 Å². The van der Waals surface area contributed by atoms with Crippen molar-refractivity contribution in [3.63, 3.8) is 0 Å². The normalized spacial score (nSPS) is 9.20. The van der Waals surface area contributed by atoms with Crippen molar-refractivity contribution in [2.24, 2.45) is 0 Å². The summed E-state index contributed by atoms with van der Waals surface area (Å²) in [7, 11) is 5.03. The first kappa shape index (κ1) is 7.11. The Hall–Kier alpha value is -1.01. The van der Waals surface area contributed by atoms with E-state index in [0.717, 1.165) is 5.56 Å². The van der Waals surface area contributed by atoms with Gasteiger partial charge >= 0.3 is 59.6 Å². The molecule has 0 aliphatic carbocycles. The van der Waals surface area contributed by atoms with E-state index in [0.29, 0.717) is 5.56 Å². The molecule has 0 spiro atoms. The molecule has 0 aliphatic rings. The van der Waals surface area contributed by atoms with Crippen LogP contribution in [0, 0.1) is 18.5 Å². The zero-order valence-electron chi connectivity index (χ0n) is 5.69. The van der Waals surface area contributed by atoms with E-state index < -0.39 is 0 Å². The van der Waals surface area contributed by atoms with Gasteiger partial charge in [0.15, 0.2) is 0 Å². The van der Waals surface area contributed by atoms with Crippen molar-refractivity contribution < 1.29 is 4.39 Å². The van der Waals surface area contributed by atoms with Crippen molar-refractivity contribution in [3.05, 3.63) is 35.1 Å². The monoisotopic (exact) mass is 132 g/mol. The molecule has 0 radical (unpaired) electrons. The third kappa shape index (κ3) is 1.28. The summed E-state index contributed by atoms with van der Waals surface area (Å²) in [6, 6.07) is 4.72. The summed E-state index contributed by atoms with van der Waals surface area (Å²) in [5.74, 6) is 1.94. The molecule has 0 unspecified atom stereocenters. The Morgan fingerprint density at radius 3 is 2.70 bits per heavy atom. The molecule has 0 bridgehead atoms. The van der Waals surface area contributed by atoms with Crippen LogP contribution in [-0.2, 0) is 0 Å². The van der Waals surface area contributed by atoms with E-state index >= 15 is 0 Å². The second-order valence-corrected chi connectivity index (χ2v) is 2.13. The van der Waals surface area contributed by atoms with Gasteiger partial charge in [0.05, 0.1) is 0 Å². The zero-order valence-corrected chi connectivity index (χ0v) is 5.69. The minimum absolute atomic E-state index is 0.326. The van der Waals surface area contributed by atoms with Crippen LogP contribution in [-0.4, -0.2) is 7.33 Å². The van der Waals surface area contributed by atoms with E-state index in [-0.39, 0.29) is 5.82 Å². The topological polar surface area (TPSA) is 0 Å². The molecule has 0 N–H and O–H groups in total. The maximum atomic E-state index is 12.6. The van der Waals surface area contributed by atoms with E-state index in [1.54, 1.807) is 12.1 Å². The fourth-order valence-corrected chi connectivity index (χ4v) is 0.750. The minimum atomic E-state index is -0.326. The Balaban J connectivity index is 3.25. The van der Waals surface area contributed by atoms with Crippen LogP contribution in [0.1, 0.15) is 11.1 Å². The van der Waals surface area contributed by atoms with Crippen LogP contribution < -0.4 is 0 Å². The standard InChI is InChI=1S/C8H6BF/c1-6-2-3-8(10)7(4-6)5-9/h2-4H,1H3. The van der Waals surface area contributed by atoms with Gasteiger partial charge in [-0.05, 0) is 0 Å². The van der Waals surface area contributed by atoms with Crippen LogP contribution in [0.4, 0.5) is 4.39 Å². The second-order valence-electron chi connectivity index (χ2n) is 2.13. The van der Waals surface area contributed by atoms with Crippen molar-refractivity contribution in [1.29, 1.82) is 0 Å². The Morgan fingerprint density at radius 2 is 2.20 bits per heavy atom. The molecule has 1 rings (SSSR count). The Kier molecular flexibility index (Phi) is 1.93. The third-order valence-electron chi connectivity index (χ3n) is 1.28. The first-order chi connectivity index (χ1) is 4.74.